The van der Waals surface area contributed by atoms with Crippen molar-refractivity contribution >= 4 is 35.9 Å². The zero-order valence-electron chi connectivity index (χ0n) is 18.1. The number of rotatable bonds is 10. The quantitative estimate of drug-likeness (QED) is 0.210. The molecular formula is C22H32IN3O4. The van der Waals surface area contributed by atoms with E-state index in [0.29, 0.717) is 48.7 Å². The van der Waals surface area contributed by atoms with Crippen molar-refractivity contribution in [3.8, 4) is 0 Å². The van der Waals surface area contributed by atoms with Gasteiger partial charge in [-0.2, -0.15) is 0 Å². The van der Waals surface area contributed by atoms with Gasteiger partial charge in [-0.1, -0.05) is 37.3 Å². The second-order valence-electron chi connectivity index (χ2n) is 6.86. The fraction of sp³-hybridized carbons (Fsp3) is 0.455. The van der Waals surface area contributed by atoms with Crippen molar-refractivity contribution in [1.29, 1.82) is 0 Å². The zero-order chi connectivity index (χ0) is 21.1. The molecule has 1 atom stereocenters. The lowest BCUT2D eigenvalue weighted by molar-refractivity contribution is 0.0599. The van der Waals surface area contributed by atoms with Gasteiger partial charge in [0.05, 0.1) is 20.3 Å². The zero-order valence-corrected chi connectivity index (χ0v) is 20.4. The smallest absolute Gasteiger partial charge is 0.341 e. The number of aryl methyl sites for hydroxylation is 1. The Hall–Kier alpha value is -2.07. The highest BCUT2D eigenvalue weighted by Gasteiger charge is 2.15. The van der Waals surface area contributed by atoms with Crippen molar-refractivity contribution in [3.63, 3.8) is 0 Å². The first-order chi connectivity index (χ1) is 14.0. The first-order valence-corrected chi connectivity index (χ1v) is 9.85. The molecule has 7 nitrogen and oxygen atoms in total. The van der Waals surface area contributed by atoms with E-state index in [1.165, 1.54) is 12.7 Å². The summed E-state index contributed by atoms with van der Waals surface area (Å²) in [4.78, 5) is 16.2. The summed E-state index contributed by atoms with van der Waals surface area (Å²) >= 11 is 0. The second-order valence-corrected chi connectivity index (χ2v) is 6.86. The number of carbonyl (C=O) groups is 1. The van der Waals surface area contributed by atoms with Crippen LogP contribution in [0.5, 0.6) is 0 Å². The Labute approximate surface area is 195 Å². The van der Waals surface area contributed by atoms with E-state index in [9.17, 15) is 4.79 Å². The Bertz CT molecular complexity index is 793. The minimum absolute atomic E-state index is 0. The average molecular weight is 529 g/mol. The number of hydrogen-bond donors (Lipinski definition) is 2. The molecule has 0 aliphatic rings. The van der Waals surface area contributed by atoms with E-state index in [0.717, 1.165) is 13.1 Å². The third-order valence-corrected chi connectivity index (χ3v) is 4.24. The van der Waals surface area contributed by atoms with Crippen LogP contribution in [0.15, 0.2) is 45.8 Å². The van der Waals surface area contributed by atoms with Gasteiger partial charge in [0.2, 0.25) is 0 Å². The number of ether oxygens (including phenoxy) is 2. The fourth-order valence-electron chi connectivity index (χ4n) is 2.71. The minimum Gasteiger partial charge on any atom is -0.465 e. The van der Waals surface area contributed by atoms with Gasteiger partial charge in [0.25, 0.3) is 0 Å². The normalized spacial score (nSPS) is 12.1. The van der Waals surface area contributed by atoms with E-state index < -0.39 is 5.97 Å². The number of methoxy groups -OCH3 is 1. The number of esters is 1. The maximum absolute atomic E-state index is 11.7. The van der Waals surface area contributed by atoms with Gasteiger partial charge in [-0.05, 0) is 31.4 Å². The molecule has 30 heavy (non-hydrogen) atoms. The van der Waals surface area contributed by atoms with Gasteiger partial charge in [0, 0.05) is 13.1 Å². The van der Waals surface area contributed by atoms with Crippen LogP contribution in [0, 0.1) is 12.8 Å². The standard InChI is InChI=1S/C22H31N3O4.HI/c1-5-23-22(25-13-19-11-20(17(3)29-19)21(26)27-4)24-12-16(2)14-28-15-18-9-7-6-8-10-18;/h6-11,16H,5,12-15H2,1-4H3,(H2,23,24,25);1H. The van der Waals surface area contributed by atoms with Crippen LogP contribution < -0.4 is 10.6 Å². The highest BCUT2D eigenvalue weighted by Crippen LogP contribution is 2.16. The first-order valence-electron chi connectivity index (χ1n) is 9.85. The van der Waals surface area contributed by atoms with Crippen molar-refractivity contribution in [1.82, 2.24) is 10.6 Å². The molecule has 0 bridgehead atoms. The largest absolute Gasteiger partial charge is 0.465 e. The number of hydrogen-bond acceptors (Lipinski definition) is 5. The molecule has 2 rings (SSSR count). The van der Waals surface area contributed by atoms with Crippen LogP contribution in [0.25, 0.3) is 0 Å². The summed E-state index contributed by atoms with van der Waals surface area (Å²) in [7, 11) is 1.35. The average Bonchev–Trinajstić information content (AvgIpc) is 3.11. The third kappa shape index (κ3) is 8.74. The van der Waals surface area contributed by atoms with Crippen LogP contribution in [0.2, 0.25) is 0 Å². The summed E-state index contributed by atoms with van der Waals surface area (Å²) in [5.41, 5.74) is 1.60. The fourth-order valence-corrected chi connectivity index (χ4v) is 2.71. The van der Waals surface area contributed by atoms with E-state index in [-0.39, 0.29) is 24.0 Å². The molecule has 8 heteroatoms. The number of nitrogens with zero attached hydrogens (tertiary/aromatic N) is 1. The number of guanidine groups is 1. The molecule has 2 N–H and O–H groups in total. The van der Waals surface area contributed by atoms with Gasteiger partial charge in [-0.3, -0.25) is 0 Å². The Morgan fingerprint density at radius 1 is 1.23 bits per heavy atom. The molecule has 1 aromatic heterocycles. The number of carbonyl (C=O) groups excluding carboxylic acids is 1. The molecule has 0 radical (unpaired) electrons. The molecule has 1 unspecified atom stereocenters. The summed E-state index contributed by atoms with van der Waals surface area (Å²) in [6, 6.07) is 11.8. The van der Waals surface area contributed by atoms with Gasteiger partial charge in [0.1, 0.15) is 23.6 Å². The lowest BCUT2D eigenvalue weighted by Gasteiger charge is -2.16. The van der Waals surface area contributed by atoms with E-state index in [2.05, 4.69) is 34.7 Å². The van der Waals surface area contributed by atoms with Crippen molar-refractivity contribution in [2.45, 2.75) is 33.9 Å². The van der Waals surface area contributed by atoms with Crippen molar-refractivity contribution in [2.75, 3.05) is 26.8 Å². The van der Waals surface area contributed by atoms with Gasteiger partial charge in [-0.25, -0.2) is 9.79 Å². The lowest BCUT2D eigenvalue weighted by atomic mass is 10.2. The summed E-state index contributed by atoms with van der Waals surface area (Å²) < 4.78 is 16.1. The summed E-state index contributed by atoms with van der Waals surface area (Å²) in [5.74, 6) is 1.75. The summed E-state index contributed by atoms with van der Waals surface area (Å²) in [6.07, 6.45) is 0. The SMILES string of the molecule is CCNC(=NCc1cc(C(=O)OC)c(C)o1)NCC(C)COCc1ccccc1.I. The number of halogens is 1. The number of furan rings is 1. The molecule has 0 amide bonds. The van der Waals surface area contributed by atoms with E-state index in [1.54, 1.807) is 13.0 Å². The van der Waals surface area contributed by atoms with Crippen molar-refractivity contribution in [2.24, 2.45) is 10.9 Å². The topological polar surface area (TPSA) is 85.1 Å². The van der Waals surface area contributed by atoms with Crippen LogP contribution in [-0.4, -0.2) is 38.7 Å². The maximum Gasteiger partial charge on any atom is 0.341 e. The Morgan fingerprint density at radius 3 is 2.63 bits per heavy atom. The molecule has 0 aliphatic carbocycles. The molecular weight excluding hydrogens is 497 g/mol. The predicted octanol–water partition coefficient (Wildman–Crippen LogP) is 3.90. The van der Waals surface area contributed by atoms with Crippen LogP contribution in [0.3, 0.4) is 0 Å². The van der Waals surface area contributed by atoms with Crippen LogP contribution in [-0.2, 0) is 22.6 Å². The number of benzene rings is 1. The van der Waals surface area contributed by atoms with E-state index >= 15 is 0 Å². The maximum atomic E-state index is 11.7. The van der Waals surface area contributed by atoms with Crippen LogP contribution >= 0.6 is 24.0 Å². The predicted molar refractivity (Wildman–Crippen MR) is 128 cm³/mol. The summed E-state index contributed by atoms with van der Waals surface area (Å²) in [6.45, 7) is 8.93. The molecule has 0 aliphatic heterocycles. The Morgan fingerprint density at radius 2 is 1.97 bits per heavy atom. The molecule has 0 fully saturated rings. The third-order valence-electron chi connectivity index (χ3n) is 4.24. The van der Waals surface area contributed by atoms with Crippen molar-refractivity contribution < 1.29 is 18.7 Å². The van der Waals surface area contributed by atoms with Gasteiger partial charge in [0.15, 0.2) is 5.96 Å². The molecule has 166 valence electrons. The molecule has 0 saturated heterocycles. The van der Waals surface area contributed by atoms with Crippen molar-refractivity contribution in [3.05, 3.63) is 59.0 Å². The monoisotopic (exact) mass is 529 g/mol. The highest BCUT2D eigenvalue weighted by molar-refractivity contribution is 14.0. The van der Waals surface area contributed by atoms with Crippen LogP contribution in [0.1, 0.15) is 41.3 Å². The van der Waals surface area contributed by atoms with Gasteiger partial charge < -0.3 is 24.5 Å². The Balaban J connectivity index is 0.00000450. The second kappa shape index (κ2) is 14.0. The number of nitrogens with one attached hydrogen (secondary N) is 2. The summed E-state index contributed by atoms with van der Waals surface area (Å²) in [5, 5.41) is 6.53. The van der Waals surface area contributed by atoms with E-state index in [1.807, 2.05) is 25.1 Å². The molecule has 1 aromatic carbocycles. The number of aliphatic imine (C=N–C) groups is 1. The first kappa shape index (κ1) is 26.0. The Kier molecular flexibility index (Phi) is 12.1. The molecule has 0 saturated carbocycles. The van der Waals surface area contributed by atoms with Crippen LogP contribution in [0.4, 0.5) is 0 Å². The lowest BCUT2D eigenvalue weighted by Crippen LogP contribution is -2.40. The van der Waals surface area contributed by atoms with E-state index in [4.69, 9.17) is 13.9 Å². The van der Waals surface area contributed by atoms with Gasteiger partial charge >= 0.3 is 5.97 Å². The minimum atomic E-state index is -0.407. The molecule has 1 heterocycles. The highest BCUT2D eigenvalue weighted by atomic mass is 127. The van der Waals surface area contributed by atoms with Gasteiger partial charge in [-0.15, -0.1) is 24.0 Å². The molecule has 2 aromatic rings. The molecule has 0 spiro atoms.